The second-order valence-electron chi connectivity index (χ2n) is 6.89. The molecule has 1 aromatic carbocycles. The molecule has 0 aliphatic carbocycles. The Kier molecular flexibility index (Phi) is 3.57. The smallest absolute Gasteiger partial charge is 0.116 e. The molecule has 29 heavy (non-hydrogen) atoms. The molecule has 0 amide bonds. The lowest BCUT2D eigenvalue weighted by Crippen LogP contribution is -1.81. The lowest BCUT2D eigenvalue weighted by Gasteiger charge is -2.01. The largest absolute Gasteiger partial charge is 0.353 e. The van der Waals surface area contributed by atoms with E-state index in [1.165, 1.54) is 0 Å². The Balaban J connectivity index is 1.53. The summed E-state index contributed by atoms with van der Waals surface area (Å²) >= 11 is 1.68. The van der Waals surface area contributed by atoms with Crippen molar-refractivity contribution < 1.29 is 0 Å². The van der Waals surface area contributed by atoms with Crippen LogP contribution in [0.5, 0.6) is 0 Å². The third-order valence-corrected chi connectivity index (χ3v) is 5.84. The summed E-state index contributed by atoms with van der Waals surface area (Å²) in [6.45, 7) is 0. The second-order valence-corrected chi connectivity index (χ2v) is 7.67. The SMILES string of the molecule is c1cncc(-c2ccc3[nH]nc(-c4cc5c(-c6ccsc6)nccc5[nH]4)c3c2)c1. The maximum absolute atomic E-state index is 4.61. The van der Waals surface area contributed by atoms with Crippen LogP contribution < -0.4 is 0 Å². The van der Waals surface area contributed by atoms with Gasteiger partial charge in [-0.05, 0) is 47.3 Å². The van der Waals surface area contributed by atoms with E-state index in [0.29, 0.717) is 0 Å². The highest BCUT2D eigenvalue weighted by atomic mass is 32.1. The average molecular weight is 393 g/mol. The highest BCUT2D eigenvalue weighted by Gasteiger charge is 2.15. The molecule has 0 unspecified atom stereocenters. The van der Waals surface area contributed by atoms with Gasteiger partial charge >= 0.3 is 0 Å². The van der Waals surface area contributed by atoms with Crippen molar-refractivity contribution in [2.75, 3.05) is 0 Å². The molecule has 6 rings (SSSR count). The zero-order chi connectivity index (χ0) is 19.2. The first-order valence-electron chi connectivity index (χ1n) is 9.26. The molecule has 5 nitrogen and oxygen atoms in total. The Bertz CT molecular complexity index is 1450. The minimum Gasteiger partial charge on any atom is -0.353 e. The molecule has 0 fully saturated rings. The van der Waals surface area contributed by atoms with Crippen LogP contribution >= 0.6 is 11.3 Å². The second kappa shape index (κ2) is 6.39. The minimum absolute atomic E-state index is 0.901. The topological polar surface area (TPSA) is 70.2 Å². The van der Waals surface area contributed by atoms with Crippen LogP contribution in [0.4, 0.5) is 0 Å². The van der Waals surface area contributed by atoms with Crippen molar-refractivity contribution in [2.45, 2.75) is 0 Å². The molecule has 0 spiro atoms. The fraction of sp³-hybridized carbons (Fsp3) is 0. The summed E-state index contributed by atoms with van der Waals surface area (Å²) in [6, 6.07) is 16.6. The lowest BCUT2D eigenvalue weighted by molar-refractivity contribution is 1.12. The van der Waals surface area contributed by atoms with Gasteiger partial charge in [-0.15, -0.1) is 0 Å². The number of hydrogen-bond acceptors (Lipinski definition) is 4. The highest BCUT2D eigenvalue weighted by Crippen LogP contribution is 2.34. The molecule has 0 radical (unpaired) electrons. The van der Waals surface area contributed by atoms with Gasteiger partial charge in [0.2, 0.25) is 0 Å². The molecular weight excluding hydrogens is 378 g/mol. The molecule has 6 aromatic rings. The Morgan fingerprint density at radius 1 is 0.793 bits per heavy atom. The fourth-order valence-corrected chi connectivity index (χ4v) is 4.38. The standard InChI is InChI=1S/C23H15N5S/c1-2-15(12-24-7-1)14-3-4-20-17(10-14)23(28-27-20)21-11-18-19(26-21)5-8-25-22(18)16-6-9-29-13-16/h1-13,26H,(H,27,28). The van der Waals surface area contributed by atoms with Crippen molar-refractivity contribution >= 4 is 33.1 Å². The van der Waals surface area contributed by atoms with E-state index in [-0.39, 0.29) is 0 Å². The fourth-order valence-electron chi connectivity index (χ4n) is 3.74. The molecule has 6 heteroatoms. The van der Waals surface area contributed by atoms with E-state index in [9.17, 15) is 0 Å². The van der Waals surface area contributed by atoms with Crippen LogP contribution in [0, 0.1) is 0 Å². The average Bonchev–Trinajstić information content (AvgIpc) is 3.52. The number of aromatic nitrogens is 5. The number of nitrogens with one attached hydrogen (secondary N) is 2. The van der Waals surface area contributed by atoms with Crippen LogP contribution in [0.3, 0.4) is 0 Å². The summed E-state index contributed by atoms with van der Waals surface area (Å²) in [5.74, 6) is 0. The van der Waals surface area contributed by atoms with Gasteiger partial charge in [0.1, 0.15) is 5.69 Å². The Hall–Kier alpha value is -3.77. The van der Waals surface area contributed by atoms with E-state index in [2.05, 4.69) is 72.3 Å². The predicted molar refractivity (Wildman–Crippen MR) is 118 cm³/mol. The van der Waals surface area contributed by atoms with Gasteiger partial charge < -0.3 is 4.98 Å². The quantitative estimate of drug-likeness (QED) is 0.393. The first kappa shape index (κ1) is 16.2. The van der Waals surface area contributed by atoms with Crippen LogP contribution in [-0.4, -0.2) is 25.1 Å². The van der Waals surface area contributed by atoms with E-state index in [1.807, 2.05) is 24.5 Å². The molecule has 5 heterocycles. The molecule has 5 aromatic heterocycles. The molecule has 0 aliphatic rings. The number of fused-ring (bicyclic) bond motifs is 2. The molecular formula is C23H15N5S. The van der Waals surface area contributed by atoms with Gasteiger partial charge in [0.25, 0.3) is 0 Å². The molecule has 0 atom stereocenters. The van der Waals surface area contributed by atoms with Gasteiger partial charge in [0.15, 0.2) is 0 Å². The van der Waals surface area contributed by atoms with Crippen molar-refractivity contribution in [3.8, 4) is 33.8 Å². The number of hydrogen-bond donors (Lipinski definition) is 2. The number of aromatic amines is 2. The zero-order valence-electron chi connectivity index (χ0n) is 15.3. The maximum Gasteiger partial charge on any atom is 0.116 e. The van der Waals surface area contributed by atoms with Gasteiger partial charge in [-0.25, -0.2) is 0 Å². The normalized spacial score (nSPS) is 11.4. The summed E-state index contributed by atoms with van der Waals surface area (Å²) in [4.78, 5) is 12.4. The van der Waals surface area contributed by atoms with Crippen LogP contribution in [0.15, 0.2) is 77.9 Å². The first-order valence-corrected chi connectivity index (χ1v) is 10.2. The summed E-state index contributed by atoms with van der Waals surface area (Å²) in [6.07, 6.45) is 5.51. The van der Waals surface area contributed by atoms with Crippen molar-refractivity contribution in [2.24, 2.45) is 0 Å². The third kappa shape index (κ3) is 2.65. The van der Waals surface area contributed by atoms with Crippen LogP contribution in [0.1, 0.15) is 0 Å². The number of thiophene rings is 1. The van der Waals surface area contributed by atoms with Crippen molar-refractivity contribution in [1.82, 2.24) is 25.1 Å². The van der Waals surface area contributed by atoms with E-state index >= 15 is 0 Å². The first-order chi connectivity index (χ1) is 14.4. The molecule has 0 saturated carbocycles. The maximum atomic E-state index is 4.61. The van der Waals surface area contributed by atoms with Crippen molar-refractivity contribution in [3.63, 3.8) is 0 Å². The van der Waals surface area contributed by atoms with E-state index < -0.39 is 0 Å². The van der Waals surface area contributed by atoms with E-state index in [4.69, 9.17) is 0 Å². The highest BCUT2D eigenvalue weighted by molar-refractivity contribution is 7.08. The van der Waals surface area contributed by atoms with Crippen molar-refractivity contribution in [3.05, 3.63) is 77.9 Å². The van der Waals surface area contributed by atoms with Crippen LogP contribution in [0.25, 0.3) is 55.6 Å². The Morgan fingerprint density at radius 2 is 1.76 bits per heavy atom. The van der Waals surface area contributed by atoms with Crippen LogP contribution in [-0.2, 0) is 0 Å². The zero-order valence-corrected chi connectivity index (χ0v) is 16.1. The van der Waals surface area contributed by atoms with Gasteiger partial charge in [0, 0.05) is 51.4 Å². The predicted octanol–water partition coefficient (Wildman–Crippen LogP) is 5.90. The Labute approximate surface area is 170 Å². The number of rotatable bonds is 3. The van der Waals surface area contributed by atoms with Crippen molar-refractivity contribution in [1.29, 1.82) is 0 Å². The summed E-state index contributed by atoms with van der Waals surface area (Å²) < 4.78 is 0. The summed E-state index contributed by atoms with van der Waals surface area (Å²) in [5.41, 5.74) is 8.25. The van der Waals surface area contributed by atoms with E-state index in [0.717, 1.165) is 55.6 Å². The van der Waals surface area contributed by atoms with Gasteiger partial charge in [-0.1, -0.05) is 12.1 Å². The van der Waals surface area contributed by atoms with Gasteiger partial charge in [0.05, 0.1) is 16.9 Å². The number of H-pyrrole nitrogens is 2. The van der Waals surface area contributed by atoms with E-state index in [1.54, 1.807) is 17.5 Å². The third-order valence-electron chi connectivity index (χ3n) is 5.16. The number of benzene rings is 1. The minimum atomic E-state index is 0.901. The molecule has 0 aliphatic heterocycles. The molecule has 0 saturated heterocycles. The molecule has 2 N–H and O–H groups in total. The van der Waals surface area contributed by atoms with Gasteiger partial charge in [-0.3, -0.25) is 15.1 Å². The summed E-state index contributed by atoms with van der Waals surface area (Å²) in [5, 5.41) is 14.1. The number of nitrogens with zero attached hydrogens (tertiary/aromatic N) is 3. The lowest BCUT2D eigenvalue weighted by atomic mass is 10.0. The van der Waals surface area contributed by atoms with Gasteiger partial charge in [-0.2, -0.15) is 16.4 Å². The Morgan fingerprint density at radius 3 is 2.62 bits per heavy atom. The monoisotopic (exact) mass is 393 g/mol. The molecule has 0 bridgehead atoms. The summed E-state index contributed by atoms with van der Waals surface area (Å²) in [7, 11) is 0. The number of pyridine rings is 2. The molecule has 138 valence electrons. The van der Waals surface area contributed by atoms with Crippen LogP contribution in [0.2, 0.25) is 0 Å².